The number of hydrogen-bond donors (Lipinski definition) is 5. The highest BCUT2D eigenvalue weighted by molar-refractivity contribution is 7.51. The maximum atomic E-state index is 12.3. The Morgan fingerprint density at radius 1 is 0.964 bits per heavy atom. The summed E-state index contributed by atoms with van der Waals surface area (Å²) >= 11 is 0. The summed E-state index contributed by atoms with van der Waals surface area (Å²) in [6.07, 6.45) is -0.678. The first-order valence-electron chi connectivity index (χ1n) is 8.66. The molecule has 0 unspecified atom stereocenters. The van der Waals surface area contributed by atoms with Gasteiger partial charge in [-0.25, -0.2) is 0 Å². The van der Waals surface area contributed by atoms with E-state index in [0.717, 1.165) is 16.7 Å². The van der Waals surface area contributed by atoms with Crippen molar-refractivity contribution in [2.45, 2.75) is 18.9 Å². The summed E-state index contributed by atoms with van der Waals surface area (Å²) in [6, 6.07) is 16.4. The second-order valence-corrected chi connectivity index (χ2v) is 7.93. The van der Waals surface area contributed by atoms with Gasteiger partial charge in [-0.1, -0.05) is 54.6 Å². The maximum absolute atomic E-state index is 12.3. The zero-order valence-electron chi connectivity index (χ0n) is 15.1. The SMILES string of the molecule is O=C(O)CCNC(=O)[C@H](Cc1ccc(-c2ccccc2)cc1)NCP(=O)(O)O. The zero-order valence-corrected chi connectivity index (χ0v) is 16.0. The first kappa shape index (κ1) is 21.8. The van der Waals surface area contributed by atoms with Crippen LogP contribution in [0.3, 0.4) is 0 Å². The lowest BCUT2D eigenvalue weighted by atomic mass is 10.0. The molecule has 2 aromatic carbocycles. The summed E-state index contributed by atoms with van der Waals surface area (Å²) in [5.74, 6) is -1.56. The summed E-state index contributed by atoms with van der Waals surface area (Å²) in [5, 5.41) is 13.7. The monoisotopic (exact) mass is 406 g/mol. The van der Waals surface area contributed by atoms with Crippen molar-refractivity contribution in [1.29, 1.82) is 0 Å². The first-order valence-corrected chi connectivity index (χ1v) is 10.5. The van der Waals surface area contributed by atoms with Gasteiger partial charge in [0.2, 0.25) is 5.91 Å². The molecule has 5 N–H and O–H groups in total. The molecule has 150 valence electrons. The van der Waals surface area contributed by atoms with E-state index in [1.54, 1.807) is 0 Å². The van der Waals surface area contributed by atoms with Crippen molar-refractivity contribution >= 4 is 19.5 Å². The highest BCUT2D eigenvalue weighted by Gasteiger charge is 2.22. The lowest BCUT2D eigenvalue weighted by Crippen LogP contribution is -2.46. The molecule has 9 heteroatoms. The van der Waals surface area contributed by atoms with Crippen LogP contribution >= 0.6 is 7.60 Å². The lowest BCUT2D eigenvalue weighted by molar-refractivity contribution is -0.137. The predicted octanol–water partition coefficient (Wildman–Crippen LogP) is 1.58. The smallest absolute Gasteiger partial charge is 0.339 e. The molecule has 28 heavy (non-hydrogen) atoms. The van der Waals surface area contributed by atoms with E-state index in [4.69, 9.17) is 14.9 Å². The Hall–Kier alpha value is -2.51. The van der Waals surface area contributed by atoms with Gasteiger partial charge in [-0.15, -0.1) is 0 Å². The van der Waals surface area contributed by atoms with Crippen LogP contribution in [0.5, 0.6) is 0 Å². The van der Waals surface area contributed by atoms with Crippen molar-refractivity contribution in [3.63, 3.8) is 0 Å². The number of hydrogen-bond acceptors (Lipinski definition) is 4. The first-order chi connectivity index (χ1) is 13.2. The third-order valence-corrected chi connectivity index (χ3v) is 4.59. The summed E-state index contributed by atoms with van der Waals surface area (Å²) in [7, 11) is -4.34. The Balaban J connectivity index is 2.06. The largest absolute Gasteiger partial charge is 0.481 e. The van der Waals surface area contributed by atoms with Crippen LogP contribution in [0.25, 0.3) is 11.1 Å². The van der Waals surface area contributed by atoms with Crippen LogP contribution in [0.4, 0.5) is 0 Å². The molecule has 8 nitrogen and oxygen atoms in total. The van der Waals surface area contributed by atoms with Gasteiger partial charge in [0.25, 0.3) is 0 Å². The van der Waals surface area contributed by atoms with Crippen molar-refractivity contribution in [1.82, 2.24) is 10.6 Å². The van der Waals surface area contributed by atoms with E-state index >= 15 is 0 Å². The fourth-order valence-electron chi connectivity index (χ4n) is 2.60. The molecule has 0 aliphatic heterocycles. The van der Waals surface area contributed by atoms with E-state index in [-0.39, 0.29) is 19.4 Å². The van der Waals surface area contributed by atoms with Crippen LogP contribution in [-0.2, 0) is 20.6 Å². The molecular formula is C19H23N2O6P. The quantitative estimate of drug-likeness (QED) is 0.378. The van der Waals surface area contributed by atoms with Gasteiger partial charge >= 0.3 is 13.6 Å². The molecule has 1 atom stereocenters. The summed E-state index contributed by atoms with van der Waals surface area (Å²) in [5.41, 5.74) is 2.86. The van der Waals surface area contributed by atoms with Crippen LogP contribution in [0.1, 0.15) is 12.0 Å². The van der Waals surface area contributed by atoms with Crippen molar-refractivity contribution in [3.8, 4) is 11.1 Å². The fraction of sp³-hybridized carbons (Fsp3) is 0.263. The van der Waals surface area contributed by atoms with Crippen LogP contribution in [0.2, 0.25) is 0 Å². The lowest BCUT2D eigenvalue weighted by Gasteiger charge is -2.19. The molecule has 0 saturated heterocycles. The van der Waals surface area contributed by atoms with Crippen LogP contribution < -0.4 is 10.6 Å². The second-order valence-electron chi connectivity index (χ2n) is 6.28. The van der Waals surface area contributed by atoms with Gasteiger partial charge in [0, 0.05) is 6.54 Å². The van der Waals surface area contributed by atoms with Gasteiger partial charge in [-0.3, -0.25) is 19.5 Å². The van der Waals surface area contributed by atoms with Gasteiger partial charge in [-0.2, -0.15) is 0 Å². The molecule has 0 fully saturated rings. The highest BCUT2D eigenvalue weighted by atomic mass is 31.2. The van der Waals surface area contributed by atoms with Gasteiger partial charge in [-0.05, 0) is 23.1 Å². The number of amides is 1. The van der Waals surface area contributed by atoms with Crippen LogP contribution in [0, 0.1) is 0 Å². The molecule has 0 aliphatic carbocycles. The minimum Gasteiger partial charge on any atom is -0.481 e. The van der Waals surface area contributed by atoms with E-state index in [0.29, 0.717) is 0 Å². The third kappa shape index (κ3) is 7.62. The Morgan fingerprint density at radius 2 is 1.57 bits per heavy atom. The molecule has 0 saturated carbocycles. The fourth-order valence-corrected chi connectivity index (χ4v) is 3.06. The number of rotatable bonds is 10. The maximum Gasteiger partial charge on any atom is 0.339 e. The standard InChI is InChI=1S/C19H23N2O6P/c22-18(23)10-11-20-19(24)17(21-13-28(25,26)27)12-14-6-8-16(9-7-14)15-4-2-1-3-5-15/h1-9,17,21H,10-13H2,(H,20,24)(H,22,23)(H2,25,26,27)/t17-/m0/s1. The van der Waals surface area contributed by atoms with E-state index in [1.807, 2.05) is 54.6 Å². The molecule has 2 aromatic rings. The number of nitrogens with one attached hydrogen (secondary N) is 2. The van der Waals surface area contributed by atoms with Gasteiger partial charge < -0.3 is 20.2 Å². The van der Waals surface area contributed by atoms with Crippen molar-refractivity contribution in [2.24, 2.45) is 0 Å². The number of benzene rings is 2. The van der Waals surface area contributed by atoms with Crippen LogP contribution in [0.15, 0.2) is 54.6 Å². The summed E-state index contributed by atoms with van der Waals surface area (Å²) < 4.78 is 11.1. The van der Waals surface area contributed by atoms with Crippen molar-refractivity contribution in [3.05, 3.63) is 60.2 Å². The summed E-state index contributed by atoms with van der Waals surface area (Å²) in [4.78, 5) is 41.0. The van der Waals surface area contributed by atoms with E-state index in [2.05, 4.69) is 10.6 Å². The molecule has 0 radical (unpaired) electrons. The minimum absolute atomic E-state index is 0.0603. The van der Waals surface area contributed by atoms with Gasteiger partial charge in [0.05, 0.1) is 18.7 Å². The Bertz CT molecular complexity index is 835. The van der Waals surface area contributed by atoms with Crippen molar-refractivity contribution in [2.75, 3.05) is 12.8 Å². The number of carbonyl (C=O) groups excluding carboxylic acids is 1. The molecule has 0 aromatic heterocycles. The minimum atomic E-state index is -4.34. The predicted molar refractivity (Wildman–Crippen MR) is 105 cm³/mol. The number of carbonyl (C=O) groups is 2. The van der Waals surface area contributed by atoms with E-state index < -0.39 is 31.8 Å². The normalized spacial score (nSPS) is 12.4. The Kier molecular flexibility index (Phi) is 7.90. The zero-order chi connectivity index (χ0) is 20.6. The van der Waals surface area contributed by atoms with E-state index in [9.17, 15) is 14.2 Å². The average Bonchev–Trinajstić information content (AvgIpc) is 2.65. The number of carboxylic acid groups (broad SMARTS) is 1. The average molecular weight is 406 g/mol. The molecule has 2 rings (SSSR count). The highest BCUT2D eigenvalue weighted by Crippen LogP contribution is 2.32. The molecule has 0 aliphatic rings. The molecule has 1 amide bonds. The molecule has 0 bridgehead atoms. The number of carboxylic acids is 1. The van der Waals surface area contributed by atoms with Crippen LogP contribution in [-0.4, -0.2) is 45.6 Å². The topological polar surface area (TPSA) is 136 Å². The van der Waals surface area contributed by atoms with Gasteiger partial charge in [0.15, 0.2) is 0 Å². The molecule has 0 heterocycles. The van der Waals surface area contributed by atoms with Crippen molar-refractivity contribution < 1.29 is 29.0 Å². The third-order valence-electron chi connectivity index (χ3n) is 4.00. The Labute approximate surface area is 162 Å². The molecule has 0 spiro atoms. The van der Waals surface area contributed by atoms with E-state index in [1.165, 1.54) is 0 Å². The molecular weight excluding hydrogens is 383 g/mol. The summed E-state index contributed by atoms with van der Waals surface area (Å²) in [6.45, 7) is -0.0603. The Morgan fingerprint density at radius 3 is 2.14 bits per heavy atom. The number of aliphatic carboxylic acids is 1. The second kappa shape index (κ2) is 10.1. The van der Waals surface area contributed by atoms with Gasteiger partial charge in [0.1, 0.15) is 0 Å².